The van der Waals surface area contributed by atoms with Crippen LogP contribution in [0.4, 0.5) is 0 Å². The Hall–Kier alpha value is -1.14. The number of carbonyl (C=O) groups is 2. The lowest BCUT2D eigenvalue weighted by Gasteiger charge is -2.31. The van der Waals surface area contributed by atoms with Crippen LogP contribution in [0.2, 0.25) is 0 Å². The molecule has 1 aliphatic rings. The summed E-state index contributed by atoms with van der Waals surface area (Å²) in [5.41, 5.74) is 0. The van der Waals surface area contributed by atoms with Crippen molar-refractivity contribution in [1.29, 1.82) is 0 Å². The Kier molecular flexibility index (Phi) is 49.4. The predicted molar refractivity (Wildman–Crippen MR) is 303 cm³/mol. The molecule has 0 heterocycles. The van der Waals surface area contributed by atoms with E-state index < -0.39 is 0 Å². The van der Waals surface area contributed by atoms with Crippen LogP contribution in [0.15, 0.2) is 0 Å². The van der Waals surface area contributed by atoms with Crippen molar-refractivity contribution in [3.63, 3.8) is 0 Å². The molecule has 69 heavy (non-hydrogen) atoms. The number of hydrogen-bond donors (Lipinski definition) is 1. The van der Waals surface area contributed by atoms with E-state index in [1.807, 2.05) is 0 Å². The lowest BCUT2D eigenvalue weighted by Crippen LogP contribution is -2.34. The number of nitrogens with zero attached hydrogens (tertiary/aromatic N) is 3. The molecule has 6 nitrogen and oxygen atoms in total. The third-order valence-corrected chi connectivity index (χ3v) is 15.8. The van der Waals surface area contributed by atoms with Crippen LogP contribution in [0.3, 0.4) is 0 Å². The van der Waals surface area contributed by atoms with E-state index in [4.69, 9.17) is 0 Å². The highest BCUT2D eigenvalue weighted by Gasteiger charge is 2.22. The van der Waals surface area contributed by atoms with Crippen molar-refractivity contribution in [2.24, 2.45) is 5.92 Å². The van der Waals surface area contributed by atoms with Gasteiger partial charge in [0.25, 0.3) is 0 Å². The summed E-state index contributed by atoms with van der Waals surface area (Å²) in [7, 11) is 0. The second kappa shape index (κ2) is 51.7. The molecule has 0 saturated heterocycles. The first-order chi connectivity index (χ1) is 33.9. The van der Waals surface area contributed by atoms with Gasteiger partial charge in [-0.1, -0.05) is 252 Å². The number of unbranched alkanes of at least 4 members (excludes halogenated alkanes) is 36. The minimum absolute atomic E-state index is 0.107. The van der Waals surface area contributed by atoms with Crippen molar-refractivity contribution in [2.45, 2.75) is 342 Å². The summed E-state index contributed by atoms with van der Waals surface area (Å²) in [6.07, 6.45) is 59.9. The molecule has 0 aromatic rings. The highest BCUT2D eigenvalue weighted by atomic mass is 16.3. The number of rotatable bonds is 54. The molecule has 0 bridgehead atoms. The molecule has 0 aliphatic heterocycles. The molecule has 1 rings (SSSR count). The van der Waals surface area contributed by atoms with Gasteiger partial charge in [-0.15, -0.1) is 0 Å². The predicted octanol–water partition coefficient (Wildman–Crippen LogP) is 18.7. The van der Waals surface area contributed by atoms with Gasteiger partial charge in [-0.25, -0.2) is 0 Å². The molecule has 1 fully saturated rings. The second-order valence-electron chi connectivity index (χ2n) is 22.7. The number of hydrogen-bond acceptors (Lipinski definition) is 4. The summed E-state index contributed by atoms with van der Waals surface area (Å²) in [5.74, 6) is 1.46. The standard InChI is InChI=1S/C63H125N3O3/c1-5-9-13-17-21-25-35-43-54-65(55-44-36-26-22-18-14-10-6-2)62(68)50-39-31-29-33-41-52-64(59-60-48-47-49-61(67)58-60)53-42-34-30-32-40-51-63(69)66(56-45-37-27-23-19-15-11-7-3)57-46-38-28-24-20-16-12-8-4/h60-61,67H,5-59H2,1-4H3/t60-,61-/m1/s1. The lowest BCUT2D eigenvalue weighted by atomic mass is 9.87. The zero-order chi connectivity index (χ0) is 49.9. The van der Waals surface area contributed by atoms with Crippen molar-refractivity contribution in [2.75, 3.05) is 45.8 Å². The molecule has 0 spiro atoms. The fraction of sp³-hybridized carbons (Fsp3) is 0.968. The Morgan fingerprint density at radius 3 is 0.899 bits per heavy atom. The first-order valence-corrected chi connectivity index (χ1v) is 31.9. The summed E-state index contributed by atoms with van der Waals surface area (Å²) < 4.78 is 0. The molecule has 0 aromatic carbocycles. The van der Waals surface area contributed by atoms with Gasteiger partial charge in [0.2, 0.25) is 11.8 Å². The van der Waals surface area contributed by atoms with Crippen LogP contribution < -0.4 is 0 Å². The second-order valence-corrected chi connectivity index (χ2v) is 22.7. The van der Waals surface area contributed by atoms with Crippen molar-refractivity contribution in [3.05, 3.63) is 0 Å². The Bertz CT molecular complexity index is 960. The van der Waals surface area contributed by atoms with E-state index in [0.717, 1.165) is 71.2 Å². The quantitative estimate of drug-likeness (QED) is 0.0617. The average Bonchev–Trinajstić information content (AvgIpc) is 3.34. The maximum atomic E-state index is 13.5. The molecule has 2 atom stereocenters. The third-order valence-electron chi connectivity index (χ3n) is 15.8. The van der Waals surface area contributed by atoms with Crippen molar-refractivity contribution < 1.29 is 14.7 Å². The van der Waals surface area contributed by atoms with Gasteiger partial charge in [-0.2, -0.15) is 0 Å². The number of carbonyl (C=O) groups excluding carboxylic acids is 2. The maximum Gasteiger partial charge on any atom is 0.222 e. The molecular weight excluding hydrogens is 847 g/mol. The molecule has 410 valence electrons. The van der Waals surface area contributed by atoms with E-state index in [2.05, 4.69) is 42.4 Å². The maximum absolute atomic E-state index is 13.5. The van der Waals surface area contributed by atoms with E-state index >= 15 is 0 Å². The molecule has 0 radical (unpaired) electrons. The van der Waals surface area contributed by atoms with Crippen molar-refractivity contribution in [1.82, 2.24) is 14.7 Å². The monoisotopic (exact) mass is 972 g/mol. The SMILES string of the molecule is CCCCCCCCCCN(CCCCCCCCCC)C(=O)CCCCCCCN(CCCCCCCC(=O)N(CCCCCCCCCC)CCCCCCCCCC)C[C@@H]1CCC[C@@H](O)C1. The molecule has 6 heteroatoms. The minimum atomic E-state index is -0.107. The van der Waals surface area contributed by atoms with E-state index in [-0.39, 0.29) is 6.10 Å². The highest BCUT2D eigenvalue weighted by Crippen LogP contribution is 2.26. The van der Waals surface area contributed by atoms with Gasteiger partial charge < -0.3 is 19.8 Å². The molecule has 1 saturated carbocycles. The molecule has 1 N–H and O–H groups in total. The number of aliphatic hydroxyl groups excluding tert-OH is 1. The highest BCUT2D eigenvalue weighted by molar-refractivity contribution is 5.76. The summed E-state index contributed by atoms with van der Waals surface area (Å²) >= 11 is 0. The topological polar surface area (TPSA) is 64.1 Å². The van der Waals surface area contributed by atoms with Gasteiger partial charge in [0.1, 0.15) is 0 Å². The van der Waals surface area contributed by atoms with Crippen LogP contribution in [-0.2, 0) is 9.59 Å². The fourth-order valence-corrected chi connectivity index (χ4v) is 11.2. The first kappa shape index (κ1) is 65.9. The largest absolute Gasteiger partial charge is 0.393 e. The smallest absolute Gasteiger partial charge is 0.222 e. The van der Waals surface area contributed by atoms with Crippen LogP contribution in [-0.4, -0.2) is 83.5 Å². The Morgan fingerprint density at radius 1 is 0.348 bits per heavy atom. The molecular formula is C63H125N3O3. The van der Waals surface area contributed by atoms with Gasteiger partial charge in [-0.05, 0) is 89.6 Å². The lowest BCUT2D eigenvalue weighted by molar-refractivity contribution is -0.132. The zero-order valence-electron chi connectivity index (χ0n) is 47.7. The van der Waals surface area contributed by atoms with Crippen LogP contribution >= 0.6 is 0 Å². The number of amides is 2. The van der Waals surface area contributed by atoms with Crippen LogP contribution in [0.25, 0.3) is 0 Å². The van der Waals surface area contributed by atoms with Gasteiger partial charge >= 0.3 is 0 Å². The Balaban J connectivity index is 2.47. The van der Waals surface area contributed by atoms with E-state index in [0.29, 0.717) is 17.7 Å². The van der Waals surface area contributed by atoms with Crippen LogP contribution in [0.1, 0.15) is 336 Å². The fourth-order valence-electron chi connectivity index (χ4n) is 11.2. The zero-order valence-corrected chi connectivity index (χ0v) is 47.7. The van der Waals surface area contributed by atoms with Crippen LogP contribution in [0, 0.1) is 5.92 Å². The van der Waals surface area contributed by atoms with Gasteiger partial charge in [-0.3, -0.25) is 9.59 Å². The number of aliphatic hydroxyl groups is 1. The molecule has 2 amide bonds. The summed E-state index contributed by atoms with van der Waals surface area (Å²) in [4.78, 5) is 34.2. The summed E-state index contributed by atoms with van der Waals surface area (Å²) in [6.45, 7) is 16.5. The van der Waals surface area contributed by atoms with E-state index in [1.54, 1.807) is 0 Å². The summed E-state index contributed by atoms with van der Waals surface area (Å²) in [5, 5.41) is 10.4. The van der Waals surface area contributed by atoms with E-state index in [9.17, 15) is 14.7 Å². The Labute approximate surface area is 433 Å². The van der Waals surface area contributed by atoms with Crippen LogP contribution in [0.5, 0.6) is 0 Å². The normalized spacial score (nSPS) is 15.1. The molecule has 0 unspecified atom stereocenters. The van der Waals surface area contributed by atoms with Gasteiger partial charge in [0.05, 0.1) is 6.10 Å². The van der Waals surface area contributed by atoms with Gasteiger partial charge in [0.15, 0.2) is 0 Å². The minimum Gasteiger partial charge on any atom is -0.393 e. The molecule has 1 aliphatic carbocycles. The summed E-state index contributed by atoms with van der Waals surface area (Å²) in [6, 6.07) is 0. The first-order valence-electron chi connectivity index (χ1n) is 31.9. The molecule has 0 aromatic heterocycles. The van der Waals surface area contributed by atoms with E-state index in [1.165, 1.54) is 283 Å². The Morgan fingerprint density at radius 2 is 0.609 bits per heavy atom. The average molecular weight is 973 g/mol. The van der Waals surface area contributed by atoms with Crippen molar-refractivity contribution >= 4 is 11.8 Å². The van der Waals surface area contributed by atoms with Gasteiger partial charge in [0, 0.05) is 45.6 Å². The van der Waals surface area contributed by atoms with Crippen molar-refractivity contribution in [3.8, 4) is 0 Å². The third kappa shape index (κ3) is 43.0.